The van der Waals surface area contributed by atoms with E-state index in [-0.39, 0.29) is 23.0 Å². The Balaban J connectivity index is 0.845. The lowest BCUT2D eigenvalue weighted by molar-refractivity contribution is -0.384. The zero-order valence-corrected chi connectivity index (χ0v) is 36.8. The van der Waals surface area contributed by atoms with Crippen LogP contribution >= 0.6 is 0 Å². The normalized spacial score (nSPS) is 58.9. The van der Waals surface area contributed by atoms with Crippen LogP contribution in [0.4, 0.5) is 0 Å². The van der Waals surface area contributed by atoms with Crippen LogP contribution in [0.15, 0.2) is 0 Å². The van der Waals surface area contributed by atoms with Crippen LogP contribution in [0, 0.1) is 52.3 Å². The molecule has 4 aliphatic carbocycles. The molecule has 9 aliphatic rings. The summed E-state index contributed by atoms with van der Waals surface area (Å²) in [6.07, 6.45) is -12.1. The van der Waals surface area contributed by atoms with Gasteiger partial charge >= 0.3 is 0 Å². The molecular weight excluding hydrogens is 812 g/mol. The Morgan fingerprint density at radius 3 is 1.90 bits per heavy atom. The molecule has 62 heavy (non-hydrogen) atoms. The number of hydrogen-bond donors (Lipinski definition) is 9. The maximum Gasteiger partial charge on any atom is 0.187 e. The molecule has 356 valence electrons. The predicted octanol–water partition coefficient (Wildman–Crippen LogP) is 0.294. The van der Waals surface area contributed by atoms with Crippen LogP contribution in [0.1, 0.15) is 98.8 Å². The Labute approximate surface area is 364 Å². The van der Waals surface area contributed by atoms with Gasteiger partial charge in [0.15, 0.2) is 24.7 Å². The number of ether oxygens (including phenoxy) is 8. The maximum absolute atomic E-state index is 11.4. The molecule has 27 atom stereocenters. The Morgan fingerprint density at radius 2 is 1.21 bits per heavy atom. The molecule has 0 aromatic rings. The minimum atomic E-state index is -1.79. The van der Waals surface area contributed by atoms with E-state index in [4.69, 9.17) is 37.9 Å². The molecule has 5 aliphatic heterocycles. The molecule has 0 aromatic heterocycles. The van der Waals surface area contributed by atoms with Gasteiger partial charge < -0.3 is 83.9 Å². The molecule has 0 bridgehead atoms. The van der Waals surface area contributed by atoms with Gasteiger partial charge in [-0.3, -0.25) is 0 Å². The second-order valence-electron chi connectivity index (χ2n) is 21.5. The lowest BCUT2D eigenvalue weighted by atomic mass is 9.44. The summed E-state index contributed by atoms with van der Waals surface area (Å²) in [5.41, 5.74) is 0.361. The van der Waals surface area contributed by atoms with Gasteiger partial charge in [0, 0.05) is 12.3 Å². The van der Waals surface area contributed by atoms with E-state index in [0.29, 0.717) is 41.4 Å². The Hall–Kier alpha value is -0.680. The van der Waals surface area contributed by atoms with Crippen LogP contribution in [-0.4, -0.2) is 176 Å². The highest BCUT2D eigenvalue weighted by Crippen LogP contribution is 2.71. The van der Waals surface area contributed by atoms with Crippen molar-refractivity contribution in [3.8, 4) is 0 Å². The number of aliphatic hydroxyl groups is 9. The third kappa shape index (κ3) is 7.56. The van der Waals surface area contributed by atoms with Crippen LogP contribution in [0.5, 0.6) is 0 Å². The Kier molecular flexibility index (Phi) is 13.1. The number of fused-ring (bicyclic) bond motifs is 7. The molecule has 9 rings (SSSR count). The molecule has 0 aromatic carbocycles. The highest BCUT2D eigenvalue weighted by molar-refractivity contribution is 5.15. The Bertz CT molecular complexity index is 1550. The maximum atomic E-state index is 11.4. The van der Waals surface area contributed by atoms with E-state index in [1.165, 1.54) is 19.8 Å². The van der Waals surface area contributed by atoms with Crippen molar-refractivity contribution in [3.05, 3.63) is 0 Å². The average molecular weight is 887 g/mol. The van der Waals surface area contributed by atoms with Gasteiger partial charge in [0.2, 0.25) is 0 Å². The molecule has 5 saturated heterocycles. The second kappa shape index (κ2) is 17.4. The zero-order valence-electron chi connectivity index (χ0n) is 36.8. The quantitative estimate of drug-likeness (QED) is 0.149. The summed E-state index contributed by atoms with van der Waals surface area (Å²) in [6.45, 7) is 10.7. The van der Waals surface area contributed by atoms with Gasteiger partial charge in [0.05, 0.1) is 38.1 Å². The number of rotatable bonds is 8. The van der Waals surface area contributed by atoms with Crippen molar-refractivity contribution >= 4 is 0 Å². The molecule has 1 spiro atoms. The van der Waals surface area contributed by atoms with Crippen LogP contribution < -0.4 is 0 Å². The summed E-state index contributed by atoms with van der Waals surface area (Å²) in [5.74, 6) is 3.30. The van der Waals surface area contributed by atoms with Crippen LogP contribution in [-0.2, 0) is 37.9 Å². The van der Waals surface area contributed by atoms with Crippen molar-refractivity contribution in [3.63, 3.8) is 0 Å². The van der Waals surface area contributed by atoms with E-state index in [1.807, 2.05) is 0 Å². The summed E-state index contributed by atoms with van der Waals surface area (Å²) < 4.78 is 49.5. The number of hydrogen-bond acceptors (Lipinski definition) is 17. The van der Waals surface area contributed by atoms with E-state index in [0.717, 1.165) is 58.0 Å². The van der Waals surface area contributed by atoms with Crippen LogP contribution in [0.2, 0.25) is 0 Å². The van der Waals surface area contributed by atoms with Gasteiger partial charge in [0.1, 0.15) is 67.1 Å². The summed E-state index contributed by atoms with van der Waals surface area (Å²) in [6, 6.07) is 0. The molecular formula is C45H74O17. The van der Waals surface area contributed by atoms with E-state index in [2.05, 4.69) is 27.7 Å². The van der Waals surface area contributed by atoms with E-state index >= 15 is 0 Å². The molecule has 9 fully saturated rings. The minimum absolute atomic E-state index is 0.130. The summed E-state index contributed by atoms with van der Waals surface area (Å²) in [5, 5.41) is 95.4. The van der Waals surface area contributed by atoms with Crippen molar-refractivity contribution in [1.29, 1.82) is 0 Å². The third-order valence-electron chi connectivity index (χ3n) is 18.2. The van der Waals surface area contributed by atoms with Gasteiger partial charge in [-0.2, -0.15) is 0 Å². The SMILES string of the molecule is CC1CCC2(OC1)OC1CC3C4CCC5CC(OC6OC(CO)C(O)C(O)C6OC6OC(C)C(OC7OC(CO)C(O)C(O)C7O)C(O)C6O)CCC5(C)C4CCC3(C)C1C2C. The van der Waals surface area contributed by atoms with Crippen molar-refractivity contribution in [2.24, 2.45) is 52.3 Å². The standard InChI is InChI=1S/C45H74O17/c1-19-8-13-45(55-18-19)20(2)30-27(62-45)15-26-24-7-6-22-14-23(9-11-43(22,4)25(24)10-12-44(26,30)5)57-42-39(34(51)32(49)29(17-47)59-42)61-40-37(54)35(52)38(21(3)56-40)60-41-36(53)33(50)31(48)28(16-46)58-41/h19-42,46-54H,6-18H2,1-5H3. The van der Waals surface area contributed by atoms with Gasteiger partial charge in [-0.1, -0.05) is 27.7 Å². The van der Waals surface area contributed by atoms with Gasteiger partial charge in [-0.15, -0.1) is 0 Å². The fourth-order valence-electron chi connectivity index (χ4n) is 14.7. The fourth-order valence-corrected chi connectivity index (χ4v) is 14.7. The first-order chi connectivity index (χ1) is 29.4. The summed E-state index contributed by atoms with van der Waals surface area (Å²) in [7, 11) is 0. The molecule has 17 nitrogen and oxygen atoms in total. The summed E-state index contributed by atoms with van der Waals surface area (Å²) in [4.78, 5) is 0. The largest absolute Gasteiger partial charge is 0.394 e. The average Bonchev–Trinajstić information content (AvgIpc) is 3.70. The first-order valence-electron chi connectivity index (χ1n) is 23.7. The zero-order chi connectivity index (χ0) is 44.2. The van der Waals surface area contributed by atoms with Gasteiger partial charge in [-0.25, -0.2) is 0 Å². The van der Waals surface area contributed by atoms with Crippen molar-refractivity contribution in [1.82, 2.24) is 0 Å². The fraction of sp³-hybridized carbons (Fsp3) is 1.00. The topological polar surface area (TPSA) is 256 Å². The van der Waals surface area contributed by atoms with E-state index in [9.17, 15) is 46.0 Å². The first-order valence-corrected chi connectivity index (χ1v) is 23.7. The Morgan fingerprint density at radius 1 is 0.581 bits per heavy atom. The first kappa shape index (κ1) is 46.4. The van der Waals surface area contributed by atoms with Crippen molar-refractivity contribution in [2.45, 2.75) is 209 Å². The molecule has 4 saturated carbocycles. The molecule has 27 unspecified atom stereocenters. The third-order valence-corrected chi connectivity index (χ3v) is 18.2. The van der Waals surface area contributed by atoms with E-state index < -0.39 is 111 Å². The highest BCUT2D eigenvalue weighted by atomic mass is 16.8. The molecule has 5 heterocycles. The number of aliphatic hydroxyl groups excluding tert-OH is 9. The van der Waals surface area contributed by atoms with Crippen LogP contribution in [0.25, 0.3) is 0 Å². The van der Waals surface area contributed by atoms with Gasteiger partial charge in [0.25, 0.3) is 0 Å². The predicted molar refractivity (Wildman–Crippen MR) is 214 cm³/mol. The minimum Gasteiger partial charge on any atom is -0.394 e. The van der Waals surface area contributed by atoms with Crippen LogP contribution in [0.3, 0.4) is 0 Å². The van der Waals surface area contributed by atoms with Crippen molar-refractivity contribution < 1.29 is 83.9 Å². The van der Waals surface area contributed by atoms with Gasteiger partial charge in [-0.05, 0) is 111 Å². The summed E-state index contributed by atoms with van der Waals surface area (Å²) >= 11 is 0. The monoisotopic (exact) mass is 886 g/mol. The molecule has 17 heteroatoms. The second-order valence-corrected chi connectivity index (χ2v) is 21.5. The lowest BCUT2D eigenvalue weighted by Crippen LogP contribution is -2.66. The molecule has 0 amide bonds. The van der Waals surface area contributed by atoms with Crippen molar-refractivity contribution in [2.75, 3.05) is 19.8 Å². The smallest absolute Gasteiger partial charge is 0.187 e. The molecule has 9 N–H and O–H groups in total. The lowest BCUT2D eigenvalue weighted by Gasteiger charge is -2.61. The molecule has 0 radical (unpaired) electrons. The highest BCUT2D eigenvalue weighted by Gasteiger charge is 2.69. The van der Waals surface area contributed by atoms with E-state index in [1.54, 1.807) is 0 Å².